The summed E-state index contributed by atoms with van der Waals surface area (Å²) in [5.74, 6) is 0. The van der Waals surface area contributed by atoms with Crippen molar-refractivity contribution < 1.29 is 4.42 Å². The standard InChI is InChI=1S/C57H37NO/c1-4-17-40(18-5-1)57(41-19-6-2-7-20-41)51-33-29-38-16-10-11-23-45(38)56(51)49-31-28-39(36-52(49)57)44-32-34-53(47-25-13-12-24-46(44)47)58(42-21-8-3-9-22-42)43-30-35-55-50(37-43)48-26-14-15-27-54(48)59-55/h1-37H. The number of fused-ring (bicyclic) bond motifs is 9. The molecule has 0 saturated heterocycles. The third-order valence-corrected chi connectivity index (χ3v) is 12.5. The highest BCUT2D eigenvalue weighted by molar-refractivity contribution is 6.10. The molecule has 11 aromatic rings. The summed E-state index contributed by atoms with van der Waals surface area (Å²) in [7, 11) is 0. The van der Waals surface area contributed by atoms with E-state index < -0.39 is 5.41 Å². The fourth-order valence-electron chi connectivity index (χ4n) is 10.0. The van der Waals surface area contributed by atoms with Crippen LogP contribution in [0, 0.1) is 0 Å². The van der Waals surface area contributed by atoms with Crippen molar-refractivity contribution in [3.05, 3.63) is 247 Å². The molecule has 0 N–H and O–H groups in total. The first-order valence-electron chi connectivity index (χ1n) is 20.3. The zero-order valence-electron chi connectivity index (χ0n) is 32.2. The topological polar surface area (TPSA) is 16.4 Å². The molecule has 10 aromatic carbocycles. The summed E-state index contributed by atoms with van der Waals surface area (Å²) < 4.78 is 6.26. The maximum absolute atomic E-state index is 6.26. The Morgan fingerprint density at radius 3 is 1.73 bits per heavy atom. The monoisotopic (exact) mass is 751 g/mol. The number of anilines is 3. The van der Waals surface area contributed by atoms with Gasteiger partial charge in [-0.05, 0) is 109 Å². The molecular weight excluding hydrogens is 715 g/mol. The minimum absolute atomic E-state index is 0.511. The van der Waals surface area contributed by atoms with Crippen molar-refractivity contribution in [2.45, 2.75) is 5.41 Å². The number of hydrogen-bond acceptors (Lipinski definition) is 2. The Morgan fingerprint density at radius 2 is 0.966 bits per heavy atom. The Bertz CT molecular complexity index is 3340. The molecule has 1 aliphatic carbocycles. The van der Waals surface area contributed by atoms with Crippen LogP contribution in [0.4, 0.5) is 17.1 Å². The summed E-state index contributed by atoms with van der Waals surface area (Å²) >= 11 is 0. The first-order valence-corrected chi connectivity index (χ1v) is 20.3. The lowest BCUT2D eigenvalue weighted by Crippen LogP contribution is -2.28. The molecule has 276 valence electrons. The fraction of sp³-hybridized carbons (Fsp3) is 0.0175. The van der Waals surface area contributed by atoms with Crippen molar-refractivity contribution in [2.75, 3.05) is 4.90 Å². The number of furan rings is 1. The smallest absolute Gasteiger partial charge is 0.135 e. The van der Waals surface area contributed by atoms with Gasteiger partial charge >= 0.3 is 0 Å². The van der Waals surface area contributed by atoms with Gasteiger partial charge in [-0.1, -0.05) is 176 Å². The van der Waals surface area contributed by atoms with E-state index in [9.17, 15) is 0 Å². The van der Waals surface area contributed by atoms with Gasteiger partial charge in [0.15, 0.2) is 0 Å². The van der Waals surface area contributed by atoms with Gasteiger partial charge in [-0.15, -0.1) is 0 Å². The minimum atomic E-state index is -0.511. The van der Waals surface area contributed by atoms with Crippen LogP contribution in [0.3, 0.4) is 0 Å². The largest absolute Gasteiger partial charge is 0.456 e. The predicted octanol–water partition coefficient (Wildman–Crippen LogP) is 15.4. The summed E-state index contributed by atoms with van der Waals surface area (Å²) in [6.45, 7) is 0. The van der Waals surface area contributed by atoms with E-state index in [1.165, 1.54) is 66.1 Å². The second-order valence-corrected chi connectivity index (χ2v) is 15.6. The van der Waals surface area contributed by atoms with Gasteiger partial charge in [0.2, 0.25) is 0 Å². The van der Waals surface area contributed by atoms with Gasteiger partial charge in [0, 0.05) is 27.5 Å². The Hall–Kier alpha value is -7.68. The third-order valence-electron chi connectivity index (χ3n) is 12.5. The first kappa shape index (κ1) is 33.5. The van der Waals surface area contributed by atoms with Crippen LogP contribution in [-0.2, 0) is 5.41 Å². The molecule has 1 aliphatic rings. The third kappa shape index (κ3) is 5.00. The van der Waals surface area contributed by atoms with Gasteiger partial charge in [-0.2, -0.15) is 0 Å². The Balaban J connectivity index is 1.10. The molecule has 0 amide bonds. The zero-order chi connectivity index (χ0) is 38.9. The summed E-state index contributed by atoms with van der Waals surface area (Å²) in [4.78, 5) is 2.38. The summed E-state index contributed by atoms with van der Waals surface area (Å²) in [6.07, 6.45) is 0. The molecule has 0 aliphatic heterocycles. The van der Waals surface area contributed by atoms with Gasteiger partial charge in [-0.25, -0.2) is 0 Å². The number of nitrogens with zero attached hydrogens (tertiary/aromatic N) is 1. The molecule has 59 heavy (non-hydrogen) atoms. The van der Waals surface area contributed by atoms with Crippen molar-refractivity contribution in [2.24, 2.45) is 0 Å². The molecule has 12 rings (SSSR count). The molecule has 0 atom stereocenters. The Kier molecular flexibility index (Phi) is 7.48. The molecule has 0 unspecified atom stereocenters. The van der Waals surface area contributed by atoms with E-state index in [4.69, 9.17) is 4.42 Å². The minimum Gasteiger partial charge on any atom is -0.456 e. The molecule has 2 heteroatoms. The van der Waals surface area contributed by atoms with E-state index >= 15 is 0 Å². The number of benzene rings is 10. The van der Waals surface area contributed by atoms with E-state index in [-0.39, 0.29) is 0 Å². The fourth-order valence-corrected chi connectivity index (χ4v) is 10.0. The SMILES string of the molecule is c1ccc(N(c2ccc3oc4ccccc4c3c2)c2ccc(-c3ccc4c(c3)C(c3ccccc3)(c3ccccc3)c3ccc5ccccc5c3-4)c3ccccc23)cc1. The molecule has 0 radical (unpaired) electrons. The molecule has 1 aromatic heterocycles. The van der Waals surface area contributed by atoms with Crippen LogP contribution >= 0.6 is 0 Å². The van der Waals surface area contributed by atoms with E-state index in [1.54, 1.807) is 0 Å². The van der Waals surface area contributed by atoms with Gasteiger partial charge in [-0.3, -0.25) is 0 Å². The quantitative estimate of drug-likeness (QED) is 0.168. The summed E-state index contributed by atoms with van der Waals surface area (Å²) in [5.41, 5.74) is 14.7. The van der Waals surface area contributed by atoms with Crippen LogP contribution in [0.2, 0.25) is 0 Å². The number of rotatable bonds is 6. The normalized spacial score (nSPS) is 12.9. The highest BCUT2D eigenvalue weighted by Crippen LogP contribution is 2.58. The lowest BCUT2D eigenvalue weighted by molar-refractivity contribution is 0.669. The highest BCUT2D eigenvalue weighted by Gasteiger charge is 2.46. The molecule has 0 bridgehead atoms. The lowest BCUT2D eigenvalue weighted by Gasteiger charge is -2.34. The van der Waals surface area contributed by atoms with E-state index in [0.29, 0.717) is 0 Å². The first-order chi connectivity index (χ1) is 29.3. The van der Waals surface area contributed by atoms with Crippen molar-refractivity contribution >= 4 is 60.5 Å². The van der Waals surface area contributed by atoms with Crippen molar-refractivity contribution in [3.8, 4) is 22.3 Å². The van der Waals surface area contributed by atoms with E-state index in [1.807, 2.05) is 12.1 Å². The highest BCUT2D eigenvalue weighted by atomic mass is 16.3. The maximum atomic E-state index is 6.26. The second kappa shape index (κ2) is 13.2. The molecule has 2 nitrogen and oxygen atoms in total. The van der Waals surface area contributed by atoms with Gasteiger partial charge in [0.25, 0.3) is 0 Å². The van der Waals surface area contributed by atoms with Gasteiger partial charge < -0.3 is 9.32 Å². The maximum Gasteiger partial charge on any atom is 0.135 e. The molecule has 0 spiro atoms. The number of hydrogen-bond donors (Lipinski definition) is 0. The molecular formula is C57H37NO. The summed E-state index contributed by atoms with van der Waals surface area (Å²) in [6, 6.07) is 81.9. The molecule has 1 heterocycles. The van der Waals surface area contributed by atoms with Crippen LogP contribution in [0.25, 0.3) is 65.7 Å². The number of para-hydroxylation sites is 2. The second-order valence-electron chi connectivity index (χ2n) is 15.6. The van der Waals surface area contributed by atoms with Crippen molar-refractivity contribution in [3.63, 3.8) is 0 Å². The van der Waals surface area contributed by atoms with E-state index in [0.717, 1.165) is 39.0 Å². The molecule has 0 saturated carbocycles. The van der Waals surface area contributed by atoms with Crippen molar-refractivity contribution in [1.82, 2.24) is 0 Å². The van der Waals surface area contributed by atoms with Crippen LogP contribution in [0.5, 0.6) is 0 Å². The van der Waals surface area contributed by atoms with Crippen LogP contribution in [-0.4, -0.2) is 0 Å². The predicted molar refractivity (Wildman–Crippen MR) is 246 cm³/mol. The van der Waals surface area contributed by atoms with Crippen LogP contribution in [0.1, 0.15) is 22.3 Å². The average molecular weight is 752 g/mol. The van der Waals surface area contributed by atoms with Crippen molar-refractivity contribution in [1.29, 1.82) is 0 Å². The van der Waals surface area contributed by atoms with E-state index in [2.05, 4.69) is 217 Å². The molecule has 0 fully saturated rings. The zero-order valence-corrected chi connectivity index (χ0v) is 32.2. The summed E-state index contributed by atoms with van der Waals surface area (Å²) in [5, 5.41) is 7.14. The lowest BCUT2D eigenvalue weighted by atomic mass is 9.67. The average Bonchev–Trinajstić information content (AvgIpc) is 3.83. The van der Waals surface area contributed by atoms with Gasteiger partial charge in [0.1, 0.15) is 11.2 Å². The Labute approximate surface area is 342 Å². The van der Waals surface area contributed by atoms with Crippen LogP contribution in [0.15, 0.2) is 229 Å². The van der Waals surface area contributed by atoms with Crippen LogP contribution < -0.4 is 4.90 Å². The Morgan fingerprint density at radius 1 is 0.356 bits per heavy atom. The van der Waals surface area contributed by atoms with Gasteiger partial charge in [0.05, 0.1) is 11.1 Å².